The predicted octanol–water partition coefficient (Wildman–Crippen LogP) is 17.0. The van der Waals surface area contributed by atoms with Crippen LogP contribution in [0.4, 0.5) is 34.1 Å². The Labute approximate surface area is 411 Å². The van der Waals surface area contributed by atoms with E-state index in [0.29, 0.717) is 0 Å². The first-order valence-corrected chi connectivity index (χ1v) is 31.5. The highest BCUT2D eigenvalue weighted by atomic mass is 28.3. The van der Waals surface area contributed by atoms with Gasteiger partial charge < -0.3 is 9.80 Å². The molecule has 4 heteroatoms. The van der Waals surface area contributed by atoms with E-state index in [1.54, 1.807) is 0 Å². The molecule has 0 heterocycles. The summed E-state index contributed by atoms with van der Waals surface area (Å²) < 4.78 is 0. The van der Waals surface area contributed by atoms with Crippen molar-refractivity contribution in [2.24, 2.45) is 0 Å². The molecule has 1 aliphatic rings. The van der Waals surface area contributed by atoms with Gasteiger partial charge in [-0.25, -0.2) is 0 Å². The molecule has 10 aromatic rings. The van der Waals surface area contributed by atoms with Crippen molar-refractivity contribution in [2.75, 3.05) is 9.80 Å². The SMILES string of the molecule is Cc1ccc(N(c2ccc([Si](C)(C)C)cc2)c2cc3c(c4ccccc24)-c2c(cc(N(c4ccc(C)cc4)c4ccc([Si](C)(C)C)cc4)c4ccccc24)C3(c2ccccc2)c2ccccc2)cc1. The van der Waals surface area contributed by atoms with Crippen molar-refractivity contribution in [3.05, 3.63) is 252 Å². The Bertz CT molecular complexity index is 3260. The Balaban J connectivity index is 1.29. The topological polar surface area (TPSA) is 6.48 Å². The third-order valence-electron chi connectivity index (χ3n) is 14.6. The summed E-state index contributed by atoms with van der Waals surface area (Å²) in [6.45, 7) is 18.9. The number of aryl methyl sites for hydroxylation is 2. The number of hydrogen-bond donors (Lipinski definition) is 0. The third kappa shape index (κ3) is 7.54. The van der Waals surface area contributed by atoms with Gasteiger partial charge in [0.2, 0.25) is 0 Å². The Kier molecular flexibility index (Phi) is 10.9. The molecule has 69 heavy (non-hydrogen) atoms. The van der Waals surface area contributed by atoms with Gasteiger partial charge >= 0.3 is 0 Å². The molecule has 0 radical (unpaired) electrons. The number of anilines is 6. The van der Waals surface area contributed by atoms with Gasteiger partial charge in [-0.2, -0.15) is 0 Å². The lowest BCUT2D eigenvalue weighted by Gasteiger charge is -2.36. The number of benzene rings is 10. The maximum Gasteiger partial charge on any atom is 0.0775 e. The molecule has 2 nitrogen and oxygen atoms in total. The zero-order valence-electron chi connectivity index (χ0n) is 41.2. The summed E-state index contributed by atoms with van der Waals surface area (Å²) in [4.78, 5) is 5.01. The summed E-state index contributed by atoms with van der Waals surface area (Å²) in [6.07, 6.45) is 0. The van der Waals surface area contributed by atoms with E-state index in [1.807, 2.05) is 0 Å². The quantitative estimate of drug-likeness (QED) is 0.126. The Morgan fingerprint density at radius 2 is 0.609 bits per heavy atom. The summed E-state index contributed by atoms with van der Waals surface area (Å²) in [5.41, 5.74) is 16.3. The van der Waals surface area contributed by atoms with Crippen molar-refractivity contribution >= 4 is 82.2 Å². The molecule has 10 aromatic carbocycles. The second-order valence-corrected chi connectivity index (χ2v) is 31.3. The molecule has 338 valence electrons. The molecule has 0 unspecified atom stereocenters. The van der Waals surface area contributed by atoms with Crippen LogP contribution in [0.2, 0.25) is 39.3 Å². The Hall–Kier alpha value is -7.25. The molecule has 0 amide bonds. The van der Waals surface area contributed by atoms with Crippen molar-refractivity contribution in [3.63, 3.8) is 0 Å². The van der Waals surface area contributed by atoms with Crippen LogP contribution >= 0.6 is 0 Å². The molecule has 0 N–H and O–H groups in total. The zero-order valence-corrected chi connectivity index (χ0v) is 43.2. The van der Waals surface area contributed by atoms with Gasteiger partial charge in [0.25, 0.3) is 0 Å². The van der Waals surface area contributed by atoms with Gasteiger partial charge in [0, 0.05) is 33.5 Å². The predicted molar refractivity (Wildman–Crippen MR) is 304 cm³/mol. The van der Waals surface area contributed by atoms with E-state index >= 15 is 0 Å². The van der Waals surface area contributed by atoms with Gasteiger partial charge in [-0.1, -0.05) is 219 Å². The monoisotopic (exact) mass is 924 g/mol. The lowest BCUT2D eigenvalue weighted by Crippen LogP contribution is -2.37. The lowest BCUT2D eigenvalue weighted by atomic mass is 9.67. The number of fused-ring (bicyclic) bond motifs is 7. The van der Waals surface area contributed by atoms with Crippen LogP contribution in [0.15, 0.2) is 218 Å². The minimum Gasteiger partial charge on any atom is -0.310 e. The normalized spacial score (nSPS) is 13.0. The molecule has 0 fully saturated rings. The molecule has 0 atom stereocenters. The average molecular weight is 925 g/mol. The zero-order chi connectivity index (χ0) is 47.7. The van der Waals surface area contributed by atoms with Crippen molar-refractivity contribution in [1.29, 1.82) is 0 Å². The molecule has 1 aliphatic carbocycles. The smallest absolute Gasteiger partial charge is 0.0775 e. The number of hydrogen-bond acceptors (Lipinski definition) is 2. The highest BCUT2D eigenvalue weighted by Gasteiger charge is 2.49. The second kappa shape index (κ2) is 17.1. The van der Waals surface area contributed by atoms with Gasteiger partial charge in [-0.15, -0.1) is 0 Å². The summed E-state index contributed by atoms with van der Waals surface area (Å²) in [7, 11) is -3.11. The van der Waals surface area contributed by atoms with Crippen molar-refractivity contribution in [1.82, 2.24) is 0 Å². The fraction of sp³-hybridized carbons (Fsp3) is 0.138. The summed E-state index contributed by atoms with van der Waals surface area (Å²) in [5.74, 6) is 0. The van der Waals surface area contributed by atoms with E-state index in [-0.39, 0.29) is 0 Å². The molecule has 11 rings (SSSR count). The van der Waals surface area contributed by atoms with Crippen LogP contribution in [0.3, 0.4) is 0 Å². The van der Waals surface area contributed by atoms with Crippen molar-refractivity contribution in [3.8, 4) is 11.1 Å². The fourth-order valence-corrected chi connectivity index (χ4v) is 13.3. The standard InChI is InChI=1S/C65H60N2Si2/c1-45-27-31-49(32-28-45)66(51-35-39-53(40-36-51)68(3,4)5)61-43-59-63(57-25-17-15-23-55(57)61)64-58-26-18-16-24-56(58)62(44-60(64)65(59,47-19-11-9-12-20-47)48-21-13-10-14-22-48)67(50-33-29-46(2)30-34-50)52-37-41-54(42-38-52)69(6,7)8/h9-44H,1-8H3. The summed E-state index contributed by atoms with van der Waals surface area (Å²) in [6, 6.07) is 83.1. The first-order valence-electron chi connectivity index (χ1n) is 24.5. The molecule has 0 aromatic heterocycles. The van der Waals surface area contributed by atoms with Crippen molar-refractivity contribution < 1.29 is 0 Å². The highest BCUT2D eigenvalue weighted by Crippen LogP contribution is 2.62. The molecule has 0 spiro atoms. The van der Waals surface area contributed by atoms with Gasteiger partial charge in [-0.3, -0.25) is 0 Å². The van der Waals surface area contributed by atoms with Crippen LogP contribution < -0.4 is 20.2 Å². The fourth-order valence-electron chi connectivity index (χ4n) is 11.0. The van der Waals surface area contributed by atoms with Crippen LogP contribution in [0.1, 0.15) is 33.4 Å². The van der Waals surface area contributed by atoms with Crippen molar-refractivity contribution in [2.45, 2.75) is 58.5 Å². The van der Waals surface area contributed by atoms with Gasteiger partial charge in [0.1, 0.15) is 0 Å². The maximum atomic E-state index is 2.56. The second-order valence-electron chi connectivity index (χ2n) is 21.1. The molecule has 0 saturated heterocycles. The Morgan fingerprint density at radius 1 is 0.319 bits per heavy atom. The van der Waals surface area contributed by atoms with Crippen LogP contribution in [0.25, 0.3) is 32.7 Å². The van der Waals surface area contributed by atoms with E-state index in [2.05, 4.69) is 281 Å². The minimum atomic E-state index is -1.56. The van der Waals surface area contributed by atoms with E-state index in [9.17, 15) is 0 Å². The molecule has 0 saturated carbocycles. The highest BCUT2D eigenvalue weighted by molar-refractivity contribution is 6.89. The average Bonchev–Trinajstić information content (AvgIpc) is 3.66. The van der Waals surface area contributed by atoms with Crippen LogP contribution in [0.5, 0.6) is 0 Å². The van der Waals surface area contributed by atoms with Crippen LogP contribution in [0, 0.1) is 13.8 Å². The van der Waals surface area contributed by atoms with E-state index in [1.165, 1.54) is 76.4 Å². The number of rotatable bonds is 10. The van der Waals surface area contributed by atoms with E-state index < -0.39 is 21.6 Å². The van der Waals surface area contributed by atoms with Crippen LogP contribution in [-0.2, 0) is 5.41 Å². The first kappa shape index (κ1) is 44.3. The third-order valence-corrected chi connectivity index (χ3v) is 18.7. The van der Waals surface area contributed by atoms with Gasteiger partial charge in [-0.05, 0) is 119 Å². The number of nitrogens with zero attached hydrogens (tertiary/aromatic N) is 2. The summed E-state index contributed by atoms with van der Waals surface area (Å²) >= 11 is 0. The molecular formula is C65H60N2Si2. The van der Waals surface area contributed by atoms with Crippen LogP contribution in [-0.4, -0.2) is 16.1 Å². The lowest BCUT2D eigenvalue weighted by molar-refractivity contribution is 0.769. The largest absolute Gasteiger partial charge is 0.310 e. The maximum absolute atomic E-state index is 2.56. The first-order chi connectivity index (χ1) is 33.3. The molecular weight excluding hydrogens is 865 g/mol. The van der Waals surface area contributed by atoms with Gasteiger partial charge in [0.15, 0.2) is 0 Å². The Morgan fingerprint density at radius 3 is 0.928 bits per heavy atom. The van der Waals surface area contributed by atoms with E-state index in [4.69, 9.17) is 0 Å². The minimum absolute atomic E-state index is 0.702. The summed E-state index contributed by atoms with van der Waals surface area (Å²) in [5, 5.41) is 7.81. The molecule has 0 aliphatic heterocycles. The van der Waals surface area contributed by atoms with Gasteiger partial charge in [0.05, 0.1) is 32.9 Å². The molecule has 0 bridgehead atoms. The van der Waals surface area contributed by atoms with E-state index in [0.717, 1.165) is 34.1 Å².